The smallest absolute Gasteiger partial charge is 0.312 e. The van der Waals surface area contributed by atoms with Gasteiger partial charge in [0.15, 0.2) is 0 Å². The molecule has 1 aromatic carbocycles. The number of nitrogens with two attached hydrogens (primary N) is 1. The Morgan fingerprint density at radius 3 is 3.00 bits per heavy atom. The van der Waals surface area contributed by atoms with Crippen LogP contribution in [-0.4, -0.2) is 17.8 Å². The van der Waals surface area contributed by atoms with Gasteiger partial charge in [0, 0.05) is 0 Å². The molecule has 1 aliphatic carbocycles. The number of hydrogen-bond acceptors (Lipinski definition) is 4. The summed E-state index contributed by atoms with van der Waals surface area (Å²) < 4.78 is 10.8. The molecular formula is C14H17NO3. The summed E-state index contributed by atoms with van der Waals surface area (Å²) in [7, 11) is 0. The van der Waals surface area contributed by atoms with Crippen LogP contribution in [0.15, 0.2) is 30.3 Å². The van der Waals surface area contributed by atoms with E-state index in [4.69, 9.17) is 15.2 Å². The first kappa shape index (κ1) is 11.7. The first-order valence-electron chi connectivity index (χ1n) is 6.36. The number of epoxide rings is 1. The highest BCUT2D eigenvalue weighted by atomic mass is 16.6. The number of ether oxygens (including phenoxy) is 2. The van der Waals surface area contributed by atoms with Crippen molar-refractivity contribution in [1.29, 1.82) is 0 Å². The van der Waals surface area contributed by atoms with Crippen LogP contribution in [0.4, 0.5) is 0 Å². The van der Waals surface area contributed by atoms with Gasteiger partial charge in [-0.15, -0.1) is 0 Å². The molecule has 2 fully saturated rings. The van der Waals surface area contributed by atoms with Gasteiger partial charge < -0.3 is 15.2 Å². The van der Waals surface area contributed by atoms with Crippen LogP contribution in [-0.2, 0) is 20.9 Å². The minimum absolute atomic E-state index is 0.130. The molecule has 1 saturated heterocycles. The maximum Gasteiger partial charge on any atom is 0.312 e. The highest BCUT2D eigenvalue weighted by molar-refractivity contribution is 5.74. The van der Waals surface area contributed by atoms with Gasteiger partial charge in [0.25, 0.3) is 0 Å². The van der Waals surface area contributed by atoms with Crippen LogP contribution in [0.3, 0.4) is 0 Å². The molecule has 0 aromatic heterocycles. The monoisotopic (exact) mass is 247 g/mol. The third-order valence-corrected chi connectivity index (χ3v) is 3.75. The van der Waals surface area contributed by atoms with Gasteiger partial charge in [0.2, 0.25) is 0 Å². The molecule has 1 aliphatic heterocycles. The maximum absolute atomic E-state index is 12.0. The summed E-state index contributed by atoms with van der Waals surface area (Å²) in [6.45, 7) is 0.320. The van der Waals surface area contributed by atoms with Crippen LogP contribution >= 0.6 is 0 Å². The van der Waals surface area contributed by atoms with E-state index in [2.05, 4.69) is 0 Å². The molecule has 0 amide bonds. The van der Waals surface area contributed by atoms with Gasteiger partial charge in [-0.05, 0) is 24.8 Å². The van der Waals surface area contributed by atoms with Gasteiger partial charge in [0.1, 0.15) is 18.4 Å². The van der Waals surface area contributed by atoms with Crippen LogP contribution in [0.2, 0.25) is 0 Å². The average Bonchev–Trinajstić information content (AvgIpc) is 3.08. The molecule has 0 spiro atoms. The molecule has 2 aliphatic rings. The van der Waals surface area contributed by atoms with Gasteiger partial charge in [-0.25, -0.2) is 0 Å². The zero-order valence-electron chi connectivity index (χ0n) is 10.2. The van der Waals surface area contributed by atoms with E-state index in [1.165, 1.54) is 0 Å². The van der Waals surface area contributed by atoms with Crippen LogP contribution in [0, 0.1) is 5.92 Å². The Morgan fingerprint density at radius 1 is 1.44 bits per heavy atom. The van der Waals surface area contributed by atoms with Crippen molar-refractivity contribution >= 4 is 5.97 Å². The summed E-state index contributed by atoms with van der Waals surface area (Å²) in [5, 5.41) is 0. The lowest BCUT2D eigenvalue weighted by atomic mass is 9.86. The van der Waals surface area contributed by atoms with Crippen LogP contribution in [0.5, 0.6) is 0 Å². The standard InChI is InChI=1S/C14H17NO3/c15-14-8-4-7-11(12(14)18-14)13(16)17-9-10-5-2-1-3-6-10/h1-3,5-6,11-12H,4,7-9,15H2. The highest BCUT2D eigenvalue weighted by Crippen LogP contribution is 2.47. The average molecular weight is 247 g/mol. The summed E-state index contributed by atoms with van der Waals surface area (Å²) in [4.78, 5) is 12.0. The van der Waals surface area contributed by atoms with E-state index in [1.54, 1.807) is 0 Å². The van der Waals surface area contributed by atoms with Crippen molar-refractivity contribution in [1.82, 2.24) is 0 Å². The van der Waals surface area contributed by atoms with Crippen molar-refractivity contribution in [3.63, 3.8) is 0 Å². The predicted octanol–water partition coefficient (Wildman–Crippen LogP) is 1.58. The number of fused-ring (bicyclic) bond motifs is 1. The third-order valence-electron chi connectivity index (χ3n) is 3.75. The van der Waals surface area contributed by atoms with Crippen LogP contribution in [0.25, 0.3) is 0 Å². The van der Waals surface area contributed by atoms with Crippen molar-refractivity contribution in [2.24, 2.45) is 11.7 Å². The summed E-state index contributed by atoms with van der Waals surface area (Å²) in [5.41, 5.74) is 6.41. The molecule has 2 N–H and O–H groups in total. The quantitative estimate of drug-likeness (QED) is 0.650. The summed E-state index contributed by atoms with van der Waals surface area (Å²) in [5.74, 6) is -0.372. The zero-order valence-corrected chi connectivity index (χ0v) is 10.2. The summed E-state index contributed by atoms with van der Waals surface area (Å²) in [6.07, 6.45) is 2.46. The van der Waals surface area contributed by atoms with Crippen molar-refractivity contribution < 1.29 is 14.3 Å². The van der Waals surface area contributed by atoms with E-state index in [-0.39, 0.29) is 18.0 Å². The van der Waals surface area contributed by atoms with E-state index in [0.717, 1.165) is 24.8 Å². The molecule has 3 rings (SSSR count). The minimum Gasteiger partial charge on any atom is -0.461 e. The number of benzene rings is 1. The normalized spacial score (nSPS) is 33.6. The summed E-state index contributed by atoms with van der Waals surface area (Å²) in [6, 6.07) is 9.68. The molecule has 18 heavy (non-hydrogen) atoms. The SMILES string of the molecule is NC12CCCC(C(=O)OCc3ccccc3)C1O2. The number of carbonyl (C=O) groups is 1. The van der Waals surface area contributed by atoms with Gasteiger partial charge in [0.05, 0.1) is 5.92 Å². The lowest BCUT2D eigenvalue weighted by Gasteiger charge is -2.20. The lowest BCUT2D eigenvalue weighted by molar-refractivity contribution is -0.151. The maximum atomic E-state index is 12.0. The first-order valence-corrected chi connectivity index (χ1v) is 6.36. The molecule has 0 radical (unpaired) electrons. The Bertz CT molecular complexity index is 448. The second-order valence-electron chi connectivity index (χ2n) is 5.09. The Labute approximate surface area is 106 Å². The fourth-order valence-corrected chi connectivity index (χ4v) is 2.65. The Kier molecular flexibility index (Phi) is 2.84. The molecule has 1 heterocycles. The van der Waals surface area contributed by atoms with E-state index < -0.39 is 5.72 Å². The number of hydrogen-bond donors (Lipinski definition) is 1. The van der Waals surface area contributed by atoms with E-state index in [1.807, 2.05) is 30.3 Å². The van der Waals surface area contributed by atoms with Gasteiger partial charge >= 0.3 is 5.97 Å². The molecule has 3 unspecified atom stereocenters. The molecule has 3 atom stereocenters. The van der Waals surface area contributed by atoms with Crippen molar-refractivity contribution in [2.45, 2.75) is 37.7 Å². The van der Waals surface area contributed by atoms with Crippen molar-refractivity contribution in [3.8, 4) is 0 Å². The lowest BCUT2D eigenvalue weighted by Crippen LogP contribution is -2.37. The van der Waals surface area contributed by atoms with Crippen LogP contribution < -0.4 is 5.73 Å². The molecule has 1 saturated carbocycles. The van der Waals surface area contributed by atoms with Crippen LogP contribution in [0.1, 0.15) is 24.8 Å². The Hall–Kier alpha value is -1.39. The van der Waals surface area contributed by atoms with Crippen molar-refractivity contribution in [2.75, 3.05) is 0 Å². The predicted molar refractivity (Wildman–Crippen MR) is 65.4 cm³/mol. The second kappa shape index (κ2) is 4.37. The molecule has 4 heteroatoms. The highest BCUT2D eigenvalue weighted by Gasteiger charge is 2.61. The number of esters is 1. The van der Waals surface area contributed by atoms with E-state index in [9.17, 15) is 4.79 Å². The molecule has 1 aromatic rings. The molecule has 0 bridgehead atoms. The Balaban J connectivity index is 1.56. The molecule has 96 valence electrons. The van der Waals surface area contributed by atoms with Crippen molar-refractivity contribution in [3.05, 3.63) is 35.9 Å². The van der Waals surface area contributed by atoms with E-state index >= 15 is 0 Å². The zero-order chi connectivity index (χ0) is 12.6. The van der Waals surface area contributed by atoms with Gasteiger partial charge in [-0.3, -0.25) is 4.79 Å². The largest absolute Gasteiger partial charge is 0.461 e. The number of rotatable bonds is 3. The van der Waals surface area contributed by atoms with Gasteiger partial charge in [-0.1, -0.05) is 30.3 Å². The first-order chi connectivity index (χ1) is 8.69. The van der Waals surface area contributed by atoms with E-state index in [0.29, 0.717) is 6.61 Å². The number of carbonyl (C=O) groups excluding carboxylic acids is 1. The minimum atomic E-state index is -0.547. The van der Waals surface area contributed by atoms with Gasteiger partial charge in [-0.2, -0.15) is 0 Å². The summed E-state index contributed by atoms with van der Waals surface area (Å²) >= 11 is 0. The fourth-order valence-electron chi connectivity index (χ4n) is 2.65. The molecule has 4 nitrogen and oxygen atoms in total. The second-order valence-corrected chi connectivity index (χ2v) is 5.09. The topological polar surface area (TPSA) is 64.9 Å². The Morgan fingerprint density at radius 2 is 2.22 bits per heavy atom. The molecular weight excluding hydrogens is 230 g/mol. The fraction of sp³-hybridized carbons (Fsp3) is 0.500. The third kappa shape index (κ3) is 2.13.